The molecule has 0 aromatic heterocycles. The van der Waals surface area contributed by atoms with Crippen molar-refractivity contribution >= 4 is 15.7 Å². The van der Waals surface area contributed by atoms with Crippen LogP contribution in [0.1, 0.15) is 18.1 Å². The van der Waals surface area contributed by atoms with Gasteiger partial charge in [-0.1, -0.05) is 35.9 Å². The van der Waals surface area contributed by atoms with Crippen LogP contribution in [0.5, 0.6) is 0 Å². The van der Waals surface area contributed by atoms with Crippen LogP contribution in [0.4, 0.5) is 4.39 Å². The van der Waals surface area contributed by atoms with Gasteiger partial charge in [-0.05, 0) is 32.0 Å². The molecule has 0 saturated carbocycles. The van der Waals surface area contributed by atoms with Gasteiger partial charge in [0.05, 0.1) is 10.6 Å². The van der Waals surface area contributed by atoms with Gasteiger partial charge in [0, 0.05) is 5.56 Å². The van der Waals surface area contributed by atoms with Crippen molar-refractivity contribution in [2.75, 3.05) is 0 Å². The van der Waals surface area contributed by atoms with Crippen LogP contribution in [0.25, 0.3) is 0 Å². The van der Waals surface area contributed by atoms with E-state index in [0.717, 1.165) is 5.56 Å². The van der Waals surface area contributed by atoms with Crippen molar-refractivity contribution < 1.29 is 12.8 Å². The third kappa shape index (κ3) is 3.11. The summed E-state index contributed by atoms with van der Waals surface area (Å²) in [6.45, 7) is 3.34. The summed E-state index contributed by atoms with van der Waals surface area (Å²) in [5.74, 6) is -0.493. The van der Waals surface area contributed by atoms with Gasteiger partial charge in [0.25, 0.3) is 10.0 Å². The largest absolute Gasteiger partial charge is 0.282 e. The minimum Gasteiger partial charge on any atom is -0.206 e. The van der Waals surface area contributed by atoms with Crippen LogP contribution in [-0.4, -0.2) is 14.1 Å². The van der Waals surface area contributed by atoms with Crippen LogP contribution in [0.15, 0.2) is 57.8 Å². The molecule has 0 atom stereocenters. The first kappa shape index (κ1) is 14.4. The number of hydrogen-bond donors (Lipinski definition) is 0. The molecule has 0 spiro atoms. The lowest BCUT2D eigenvalue weighted by atomic mass is 10.1. The van der Waals surface area contributed by atoms with Gasteiger partial charge in [0.1, 0.15) is 5.82 Å². The van der Waals surface area contributed by atoms with Crippen LogP contribution in [0.3, 0.4) is 0 Å². The summed E-state index contributed by atoms with van der Waals surface area (Å²) in [4.78, 5) is 0.0961. The summed E-state index contributed by atoms with van der Waals surface area (Å²) in [5.41, 5.74) is 1.27. The van der Waals surface area contributed by atoms with E-state index in [1.165, 1.54) is 31.2 Å². The number of halogens is 1. The van der Waals surface area contributed by atoms with Crippen molar-refractivity contribution in [1.29, 1.82) is 0 Å². The van der Waals surface area contributed by atoms with Crippen LogP contribution >= 0.6 is 0 Å². The highest BCUT2D eigenvalue weighted by Gasteiger charge is 2.14. The molecule has 20 heavy (non-hydrogen) atoms. The van der Waals surface area contributed by atoms with E-state index in [2.05, 4.69) is 4.40 Å². The maximum absolute atomic E-state index is 13.6. The first-order valence-electron chi connectivity index (χ1n) is 6.03. The van der Waals surface area contributed by atoms with Crippen molar-refractivity contribution in [2.45, 2.75) is 18.7 Å². The summed E-state index contributed by atoms with van der Waals surface area (Å²) < 4.78 is 41.5. The summed E-state index contributed by atoms with van der Waals surface area (Å²) in [6.07, 6.45) is 0. The van der Waals surface area contributed by atoms with Crippen LogP contribution < -0.4 is 0 Å². The van der Waals surface area contributed by atoms with Gasteiger partial charge >= 0.3 is 0 Å². The van der Waals surface area contributed by atoms with Gasteiger partial charge < -0.3 is 0 Å². The lowest BCUT2D eigenvalue weighted by molar-refractivity contribution is 0.598. The molecule has 2 aromatic rings. The number of hydrogen-bond acceptors (Lipinski definition) is 2. The molecule has 0 bridgehead atoms. The molecule has 0 aliphatic heterocycles. The van der Waals surface area contributed by atoms with E-state index in [0.29, 0.717) is 0 Å². The molecule has 5 heteroatoms. The van der Waals surface area contributed by atoms with Crippen LogP contribution in [0.2, 0.25) is 0 Å². The molecular weight excluding hydrogens is 277 g/mol. The Morgan fingerprint density at radius 2 is 1.65 bits per heavy atom. The first-order chi connectivity index (χ1) is 9.40. The molecule has 2 rings (SSSR count). The zero-order chi connectivity index (χ0) is 14.8. The van der Waals surface area contributed by atoms with E-state index < -0.39 is 15.8 Å². The highest BCUT2D eigenvalue weighted by Crippen LogP contribution is 2.16. The third-order valence-corrected chi connectivity index (χ3v) is 4.22. The smallest absolute Gasteiger partial charge is 0.206 e. The number of nitrogens with zero attached hydrogens (tertiary/aromatic N) is 1. The molecule has 0 fully saturated rings. The molecular formula is C15H14FNO2S. The summed E-state index contributed by atoms with van der Waals surface area (Å²) in [6, 6.07) is 12.3. The topological polar surface area (TPSA) is 46.5 Å². The SMILES string of the molecule is C/C(=N\S(=O)(=O)c1ccc(C)cc1)c1ccccc1F. The van der Waals surface area contributed by atoms with Gasteiger partial charge in [0.15, 0.2) is 0 Å². The Kier molecular flexibility index (Phi) is 3.99. The Morgan fingerprint density at radius 1 is 1.05 bits per heavy atom. The summed E-state index contributed by atoms with van der Waals surface area (Å²) in [7, 11) is -3.82. The molecule has 0 N–H and O–H groups in total. The second kappa shape index (κ2) is 5.54. The lowest BCUT2D eigenvalue weighted by Gasteiger charge is -2.04. The molecule has 0 aliphatic rings. The zero-order valence-corrected chi connectivity index (χ0v) is 12.0. The van der Waals surface area contributed by atoms with Crippen molar-refractivity contribution in [1.82, 2.24) is 0 Å². The molecule has 0 aliphatic carbocycles. The van der Waals surface area contributed by atoms with E-state index in [9.17, 15) is 12.8 Å². The molecule has 104 valence electrons. The Bertz CT molecular complexity index is 750. The zero-order valence-electron chi connectivity index (χ0n) is 11.2. The molecule has 0 saturated heterocycles. The molecule has 2 aromatic carbocycles. The summed E-state index contributed by atoms with van der Waals surface area (Å²) >= 11 is 0. The summed E-state index contributed by atoms with van der Waals surface area (Å²) in [5, 5.41) is 0. The Morgan fingerprint density at radius 3 is 2.25 bits per heavy atom. The number of benzene rings is 2. The van der Waals surface area contributed by atoms with Gasteiger partial charge in [-0.2, -0.15) is 12.8 Å². The fraction of sp³-hybridized carbons (Fsp3) is 0.133. The quantitative estimate of drug-likeness (QED) is 0.814. The van der Waals surface area contributed by atoms with Crippen molar-refractivity contribution in [3.63, 3.8) is 0 Å². The minimum absolute atomic E-state index is 0.0961. The molecule has 0 radical (unpaired) electrons. The predicted octanol–water partition coefficient (Wildman–Crippen LogP) is 3.33. The van der Waals surface area contributed by atoms with Gasteiger partial charge in [-0.3, -0.25) is 0 Å². The lowest BCUT2D eigenvalue weighted by Crippen LogP contribution is -2.05. The average molecular weight is 291 g/mol. The van der Waals surface area contributed by atoms with Crippen LogP contribution in [0, 0.1) is 12.7 Å². The maximum atomic E-state index is 13.6. The Balaban J connectivity index is 2.43. The minimum atomic E-state index is -3.82. The maximum Gasteiger partial charge on any atom is 0.282 e. The predicted molar refractivity (Wildman–Crippen MR) is 77.0 cm³/mol. The second-order valence-electron chi connectivity index (χ2n) is 4.44. The monoisotopic (exact) mass is 291 g/mol. The van der Waals surface area contributed by atoms with Crippen molar-refractivity contribution in [3.8, 4) is 0 Å². The standard InChI is InChI=1S/C15H14FNO2S/c1-11-7-9-13(10-8-11)20(18,19)17-12(2)14-5-3-4-6-15(14)16/h3-10H,1-2H3/b17-12+. The Hall–Kier alpha value is -2.01. The van der Waals surface area contributed by atoms with Crippen molar-refractivity contribution in [2.24, 2.45) is 4.40 Å². The van der Waals surface area contributed by atoms with E-state index in [-0.39, 0.29) is 16.2 Å². The number of rotatable bonds is 3. The van der Waals surface area contributed by atoms with Crippen molar-refractivity contribution in [3.05, 3.63) is 65.5 Å². The fourth-order valence-corrected chi connectivity index (χ4v) is 2.79. The first-order valence-corrected chi connectivity index (χ1v) is 7.47. The van der Waals surface area contributed by atoms with Gasteiger partial charge in [-0.15, -0.1) is 0 Å². The molecule has 0 amide bonds. The third-order valence-electron chi connectivity index (χ3n) is 2.84. The van der Waals surface area contributed by atoms with E-state index >= 15 is 0 Å². The van der Waals surface area contributed by atoms with E-state index in [1.54, 1.807) is 24.3 Å². The number of sulfonamides is 1. The average Bonchev–Trinajstić information content (AvgIpc) is 2.39. The normalized spacial score (nSPS) is 12.4. The highest BCUT2D eigenvalue weighted by atomic mass is 32.2. The second-order valence-corrected chi connectivity index (χ2v) is 6.05. The van der Waals surface area contributed by atoms with E-state index in [1.807, 2.05) is 6.92 Å². The molecule has 0 heterocycles. The Labute approximate surface area is 117 Å². The van der Waals surface area contributed by atoms with Gasteiger partial charge in [-0.25, -0.2) is 4.39 Å². The highest BCUT2D eigenvalue weighted by molar-refractivity contribution is 7.90. The molecule has 3 nitrogen and oxygen atoms in total. The fourth-order valence-electron chi connectivity index (χ4n) is 1.75. The molecule has 0 unspecified atom stereocenters. The van der Waals surface area contributed by atoms with Gasteiger partial charge in [0.2, 0.25) is 0 Å². The van der Waals surface area contributed by atoms with E-state index in [4.69, 9.17) is 0 Å². The van der Waals surface area contributed by atoms with Crippen LogP contribution in [-0.2, 0) is 10.0 Å². The number of aryl methyl sites for hydroxylation is 1.